The van der Waals surface area contributed by atoms with Crippen molar-refractivity contribution < 1.29 is 27.8 Å². The number of piperidine rings is 1. The van der Waals surface area contributed by atoms with E-state index in [4.69, 9.17) is 14.7 Å². The molecule has 2 N–H and O–H groups in total. The van der Waals surface area contributed by atoms with Crippen LogP contribution in [0.1, 0.15) is 45.4 Å². The van der Waals surface area contributed by atoms with E-state index in [9.17, 15) is 18.4 Å². The Hall–Kier alpha value is -1.99. The highest BCUT2D eigenvalue weighted by atomic mass is 19.3. The van der Waals surface area contributed by atoms with Crippen molar-refractivity contribution in [2.75, 3.05) is 26.3 Å². The summed E-state index contributed by atoms with van der Waals surface area (Å²) in [4.78, 5) is 26.5. The third kappa shape index (κ3) is 5.08. The quantitative estimate of drug-likeness (QED) is 0.728. The van der Waals surface area contributed by atoms with E-state index in [2.05, 4.69) is 10.6 Å². The number of alkyl halides is 2. The lowest BCUT2D eigenvalue weighted by molar-refractivity contribution is -0.281. The summed E-state index contributed by atoms with van der Waals surface area (Å²) in [5, 5.41) is 14.0. The van der Waals surface area contributed by atoms with Crippen LogP contribution in [0.25, 0.3) is 0 Å². The summed E-state index contributed by atoms with van der Waals surface area (Å²) in [5.41, 5.74) is -0.990. The molecular weight excluding hydrogens is 374 g/mol. The first-order valence-corrected chi connectivity index (χ1v) is 9.60. The van der Waals surface area contributed by atoms with Crippen molar-refractivity contribution in [3.8, 4) is 6.07 Å². The van der Waals surface area contributed by atoms with E-state index in [1.54, 1.807) is 0 Å². The number of urea groups is 1. The Morgan fingerprint density at radius 1 is 1.21 bits per heavy atom. The molecule has 0 aromatic carbocycles. The molecule has 10 heteroatoms. The van der Waals surface area contributed by atoms with Crippen LogP contribution in [0.15, 0.2) is 0 Å². The standard InChI is InChI=1S/C18H26F2N4O4/c1-16(19,20)11-13(14(25)23-17(12-21)3-4-17)22-15(26)24-7-5-18(6-8-24)27-9-2-10-28-18/h13H,2-11H2,1H3,(H,22,26)(H,23,25)/t13-/m0/s1. The summed E-state index contributed by atoms with van der Waals surface area (Å²) >= 11 is 0. The normalized spacial score (nSPS) is 24.1. The molecule has 0 radical (unpaired) electrons. The van der Waals surface area contributed by atoms with Crippen LogP contribution < -0.4 is 10.6 Å². The number of hydrogen-bond donors (Lipinski definition) is 2. The molecule has 3 rings (SSSR count). The van der Waals surface area contributed by atoms with E-state index in [1.807, 2.05) is 6.07 Å². The fourth-order valence-corrected chi connectivity index (χ4v) is 3.48. The maximum atomic E-state index is 13.6. The highest BCUT2D eigenvalue weighted by molar-refractivity contribution is 5.88. The smallest absolute Gasteiger partial charge is 0.318 e. The molecule has 1 saturated carbocycles. The van der Waals surface area contributed by atoms with E-state index in [-0.39, 0.29) is 0 Å². The molecule has 0 bridgehead atoms. The van der Waals surface area contributed by atoms with Gasteiger partial charge in [-0.15, -0.1) is 0 Å². The van der Waals surface area contributed by atoms with Gasteiger partial charge in [0.25, 0.3) is 0 Å². The molecule has 2 heterocycles. The van der Waals surface area contributed by atoms with Crippen molar-refractivity contribution in [2.24, 2.45) is 0 Å². The van der Waals surface area contributed by atoms with Crippen molar-refractivity contribution in [3.63, 3.8) is 0 Å². The van der Waals surface area contributed by atoms with Crippen LogP contribution in [0.3, 0.4) is 0 Å². The minimum Gasteiger partial charge on any atom is -0.350 e. The number of amides is 3. The minimum atomic E-state index is -3.14. The maximum absolute atomic E-state index is 13.6. The predicted molar refractivity (Wildman–Crippen MR) is 93.3 cm³/mol. The number of likely N-dealkylation sites (tertiary alicyclic amines) is 1. The Labute approximate surface area is 162 Å². The molecule has 156 valence electrons. The lowest BCUT2D eigenvalue weighted by atomic mass is 10.0. The number of nitrogens with zero attached hydrogens (tertiary/aromatic N) is 2. The zero-order valence-electron chi connectivity index (χ0n) is 15.9. The summed E-state index contributed by atoms with van der Waals surface area (Å²) in [5.74, 6) is -4.58. The van der Waals surface area contributed by atoms with Crippen LogP contribution in [0.2, 0.25) is 0 Å². The number of carbonyl (C=O) groups is 2. The number of nitrogens with one attached hydrogen (secondary N) is 2. The lowest BCUT2D eigenvalue weighted by Gasteiger charge is -2.43. The second kappa shape index (κ2) is 7.79. The van der Waals surface area contributed by atoms with Gasteiger partial charge in [-0.05, 0) is 26.2 Å². The number of hydrogen-bond acceptors (Lipinski definition) is 5. The van der Waals surface area contributed by atoms with Gasteiger partial charge in [-0.1, -0.05) is 0 Å². The minimum absolute atomic E-state index is 0.338. The number of ether oxygens (including phenoxy) is 2. The Morgan fingerprint density at radius 3 is 2.32 bits per heavy atom. The lowest BCUT2D eigenvalue weighted by Crippen LogP contribution is -2.57. The average molecular weight is 400 g/mol. The molecule has 1 aliphatic carbocycles. The first-order valence-electron chi connectivity index (χ1n) is 9.60. The fraction of sp³-hybridized carbons (Fsp3) is 0.833. The molecule has 1 atom stereocenters. The average Bonchev–Trinajstić information content (AvgIpc) is 3.41. The molecule has 2 saturated heterocycles. The van der Waals surface area contributed by atoms with E-state index in [1.165, 1.54) is 4.90 Å². The Balaban J connectivity index is 1.58. The number of carbonyl (C=O) groups excluding carboxylic acids is 2. The topological polar surface area (TPSA) is 104 Å². The molecule has 2 aliphatic heterocycles. The first-order chi connectivity index (χ1) is 13.2. The van der Waals surface area contributed by atoms with Crippen LogP contribution in [-0.4, -0.2) is 66.4 Å². The van der Waals surface area contributed by atoms with Crippen molar-refractivity contribution in [1.82, 2.24) is 15.5 Å². The van der Waals surface area contributed by atoms with Gasteiger partial charge in [-0.25, -0.2) is 13.6 Å². The summed E-state index contributed by atoms with van der Waals surface area (Å²) in [6, 6.07) is -0.0260. The molecule has 0 aromatic heterocycles. The molecule has 0 unspecified atom stereocenters. The first kappa shape index (κ1) is 20.7. The van der Waals surface area contributed by atoms with Gasteiger partial charge < -0.3 is 25.0 Å². The van der Waals surface area contributed by atoms with E-state index < -0.39 is 41.6 Å². The third-order valence-electron chi connectivity index (χ3n) is 5.33. The van der Waals surface area contributed by atoms with Crippen LogP contribution >= 0.6 is 0 Å². The molecule has 3 fully saturated rings. The molecule has 0 aromatic rings. The van der Waals surface area contributed by atoms with Gasteiger partial charge in [-0.3, -0.25) is 4.79 Å². The van der Waals surface area contributed by atoms with Gasteiger partial charge in [0.2, 0.25) is 11.8 Å². The fourth-order valence-electron chi connectivity index (χ4n) is 3.48. The van der Waals surface area contributed by atoms with E-state index >= 15 is 0 Å². The monoisotopic (exact) mass is 400 g/mol. The van der Waals surface area contributed by atoms with Crippen molar-refractivity contribution in [1.29, 1.82) is 5.26 Å². The Bertz CT molecular complexity index is 641. The van der Waals surface area contributed by atoms with Gasteiger partial charge >= 0.3 is 6.03 Å². The molecule has 8 nitrogen and oxygen atoms in total. The number of halogens is 2. The molecule has 3 amide bonds. The highest BCUT2D eigenvalue weighted by Crippen LogP contribution is 2.35. The van der Waals surface area contributed by atoms with Crippen molar-refractivity contribution in [2.45, 2.75) is 68.7 Å². The SMILES string of the molecule is CC(F)(F)C[C@H](NC(=O)N1CCC2(CC1)OCCCO2)C(=O)NC1(C#N)CC1. The summed E-state index contributed by atoms with van der Waals surface area (Å²) in [6.07, 6.45) is 1.92. The highest BCUT2D eigenvalue weighted by Gasteiger charge is 2.47. The summed E-state index contributed by atoms with van der Waals surface area (Å²) in [6.45, 7) is 2.59. The third-order valence-corrected chi connectivity index (χ3v) is 5.33. The van der Waals surface area contributed by atoms with Crippen molar-refractivity contribution in [3.05, 3.63) is 0 Å². The maximum Gasteiger partial charge on any atom is 0.318 e. The van der Waals surface area contributed by atoms with Crippen molar-refractivity contribution >= 4 is 11.9 Å². The van der Waals surface area contributed by atoms with Gasteiger partial charge in [0.1, 0.15) is 11.6 Å². The second-order valence-corrected chi connectivity index (χ2v) is 7.91. The molecular formula is C18H26F2N4O4. The molecule has 28 heavy (non-hydrogen) atoms. The van der Waals surface area contributed by atoms with Crippen LogP contribution in [-0.2, 0) is 14.3 Å². The van der Waals surface area contributed by atoms with Gasteiger partial charge in [0.15, 0.2) is 5.79 Å². The molecule has 1 spiro atoms. The Kier molecular flexibility index (Phi) is 5.77. The summed E-state index contributed by atoms with van der Waals surface area (Å²) in [7, 11) is 0. The number of rotatable bonds is 5. The second-order valence-electron chi connectivity index (χ2n) is 7.91. The Morgan fingerprint density at radius 2 is 1.82 bits per heavy atom. The van der Waals surface area contributed by atoms with Crippen LogP contribution in [0.5, 0.6) is 0 Å². The van der Waals surface area contributed by atoms with E-state index in [0.29, 0.717) is 58.9 Å². The molecule has 3 aliphatic rings. The van der Waals surface area contributed by atoms with Gasteiger partial charge in [-0.2, -0.15) is 5.26 Å². The largest absolute Gasteiger partial charge is 0.350 e. The van der Waals surface area contributed by atoms with E-state index in [0.717, 1.165) is 6.42 Å². The zero-order chi connectivity index (χ0) is 20.4. The van der Waals surface area contributed by atoms with Gasteiger partial charge in [0, 0.05) is 32.4 Å². The van der Waals surface area contributed by atoms with Crippen LogP contribution in [0.4, 0.5) is 13.6 Å². The predicted octanol–water partition coefficient (Wildman–Crippen LogP) is 1.51. The van der Waals surface area contributed by atoms with Gasteiger partial charge in [0.05, 0.1) is 19.3 Å². The summed E-state index contributed by atoms with van der Waals surface area (Å²) < 4.78 is 38.5. The van der Waals surface area contributed by atoms with Crippen LogP contribution in [0, 0.1) is 11.3 Å². The zero-order valence-corrected chi connectivity index (χ0v) is 15.9. The number of nitriles is 1.